The minimum Gasteiger partial charge on any atom is -0.337 e. The van der Waals surface area contributed by atoms with E-state index in [1.165, 1.54) is 12.4 Å². The third kappa shape index (κ3) is 3.39. The van der Waals surface area contributed by atoms with Crippen LogP contribution in [0.4, 0.5) is 0 Å². The Morgan fingerprint density at radius 2 is 2.25 bits per heavy atom. The fraction of sp³-hybridized carbons (Fsp3) is 0.529. The Morgan fingerprint density at radius 1 is 1.42 bits per heavy atom. The van der Waals surface area contributed by atoms with Crippen LogP contribution in [0.3, 0.4) is 0 Å². The summed E-state index contributed by atoms with van der Waals surface area (Å²) in [6.07, 6.45) is 5.15. The highest BCUT2D eigenvalue weighted by atomic mass is 16.2. The standard InChI is InChI=1S/C17H23N5O2/c1-3-5-13-8-15(21(2)20-13)17(24)22-7-4-6-12(10-22)14-9-16(23)19-11-18-14/h8-9,11-12H,3-7,10H2,1-2H3,(H,18,19,23)/t12-/m0/s1. The van der Waals surface area contributed by atoms with Crippen molar-refractivity contribution in [1.82, 2.24) is 24.6 Å². The third-order valence-electron chi connectivity index (χ3n) is 4.48. The first-order chi connectivity index (χ1) is 11.6. The minimum absolute atomic E-state index is 0.00175. The molecule has 1 amide bonds. The van der Waals surface area contributed by atoms with Crippen LogP contribution >= 0.6 is 0 Å². The summed E-state index contributed by atoms with van der Waals surface area (Å²) in [6.45, 7) is 3.41. The fourth-order valence-electron chi connectivity index (χ4n) is 3.28. The minimum atomic E-state index is -0.153. The summed E-state index contributed by atoms with van der Waals surface area (Å²) in [4.78, 5) is 33.0. The number of hydrogen-bond donors (Lipinski definition) is 1. The summed E-state index contributed by atoms with van der Waals surface area (Å²) in [5.74, 6) is 0.107. The Labute approximate surface area is 140 Å². The monoisotopic (exact) mass is 329 g/mol. The second-order valence-electron chi connectivity index (χ2n) is 6.32. The summed E-state index contributed by atoms with van der Waals surface area (Å²) >= 11 is 0. The zero-order valence-electron chi connectivity index (χ0n) is 14.2. The smallest absolute Gasteiger partial charge is 0.272 e. The van der Waals surface area contributed by atoms with Crippen LogP contribution < -0.4 is 5.56 Å². The van der Waals surface area contributed by atoms with Gasteiger partial charge in [0.1, 0.15) is 5.69 Å². The molecule has 0 aromatic carbocycles. The number of carbonyl (C=O) groups excluding carboxylic acids is 1. The number of aromatic nitrogens is 4. The molecule has 2 aromatic rings. The Morgan fingerprint density at radius 3 is 3.00 bits per heavy atom. The van der Waals surface area contributed by atoms with E-state index in [0.29, 0.717) is 12.2 Å². The molecule has 3 heterocycles. The van der Waals surface area contributed by atoms with E-state index < -0.39 is 0 Å². The normalized spacial score (nSPS) is 17.9. The van der Waals surface area contributed by atoms with Crippen LogP contribution in [0.15, 0.2) is 23.3 Å². The number of amides is 1. The number of aromatic amines is 1. The van der Waals surface area contributed by atoms with Gasteiger partial charge in [0.25, 0.3) is 11.5 Å². The van der Waals surface area contributed by atoms with Crippen LogP contribution in [0.2, 0.25) is 0 Å². The molecule has 0 radical (unpaired) electrons. The number of likely N-dealkylation sites (tertiary alicyclic amines) is 1. The number of carbonyl (C=O) groups is 1. The molecule has 1 fully saturated rings. The van der Waals surface area contributed by atoms with E-state index in [1.54, 1.807) is 4.68 Å². The van der Waals surface area contributed by atoms with Gasteiger partial charge in [0.05, 0.1) is 17.7 Å². The molecule has 1 saturated heterocycles. The molecule has 1 N–H and O–H groups in total. The topological polar surface area (TPSA) is 83.9 Å². The molecule has 1 aliphatic heterocycles. The Balaban J connectivity index is 1.77. The number of piperidine rings is 1. The van der Waals surface area contributed by atoms with Gasteiger partial charge in [-0.1, -0.05) is 13.3 Å². The molecule has 7 heteroatoms. The van der Waals surface area contributed by atoms with Crippen molar-refractivity contribution in [1.29, 1.82) is 0 Å². The zero-order valence-corrected chi connectivity index (χ0v) is 14.2. The van der Waals surface area contributed by atoms with Gasteiger partial charge >= 0.3 is 0 Å². The van der Waals surface area contributed by atoms with Crippen LogP contribution in [0, 0.1) is 0 Å². The third-order valence-corrected chi connectivity index (χ3v) is 4.48. The molecular weight excluding hydrogens is 306 g/mol. The number of rotatable bonds is 4. The second kappa shape index (κ2) is 6.98. The van der Waals surface area contributed by atoms with E-state index >= 15 is 0 Å². The van der Waals surface area contributed by atoms with Crippen molar-refractivity contribution in [3.63, 3.8) is 0 Å². The van der Waals surface area contributed by atoms with Gasteiger partial charge in [-0.05, 0) is 25.3 Å². The van der Waals surface area contributed by atoms with Gasteiger partial charge in [0.2, 0.25) is 0 Å². The first-order valence-corrected chi connectivity index (χ1v) is 8.45. The quantitative estimate of drug-likeness (QED) is 0.921. The van der Waals surface area contributed by atoms with Crippen molar-refractivity contribution >= 4 is 5.91 Å². The Kier molecular flexibility index (Phi) is 4.78. The van der Waals surface area contributed by atoms with Gasteiger partial charge in [-0.25, -0.2) is 4.98 Å². The van der Waals surface area contributed by atoms with Crippen molar-refractivity contribution < 1.29 is 4.79 Å². The van der Waals surface area contributed by atoms with E-state index in [4.69, 9.17) is 0 Å². The van der Waals surface area contributed by atoms with Crippen LogP contribution in [-0.4, -0.2) is 43.6 Å². The lowest BCUT2D eigenvalue weighted by Crippen LogP contribution is -2.40. The van der Waals surface area contributed by atoms with Crippen LogP contribution in [0.5, 0.6) is 0 Å². The summed E-state index contributed by atoms with van der Waals surface area (Å²) in [5.41, 5.74) is 2.18. The molecule has 0 aliphatic carbocycles. The Hall–Kier alpha value is -2.44. The molecule has 7 nitrogen and oxygen atoms in total. The summed E-state index contributed by atoms with van der Waals surface area (Å²) < 4.78 is 1.67. The SMILES string of the molecule is CCCc1cc(C(=O)N2CCC[C@H](c3cc(=O)[nH]cn3)C2)n(C)n1. The molecule has 128 valence electrons. The van der Waals surface area contributed by atoms with E-state index in [-0.39, 0.29) is 17.4 Å². The van der Waals surface area contributed by atoms with Crippen molar-refractivity contribution in [3.05, 3.63) is 45.9 Å². The Bertz CT molecular complexity index is 779. The summed E-state index contributed by atoms with van der Waals surface area (Å²) in [7, 11) is 1.81. The molecule has 1 atom stereocenters. The molecule has 3 rings (SSSR count). The molecule has 0 spiro atoms. The number of hydrogen-bond acceptors (Lipinski definition) is 4. The number of aryl methyl sites for hydroxylation is 2. The second-order valence-corrected chi connectivity index (χ2v) is 6.32. The van der Waals surface area contributed by atoms with Crippen molar-refractivity contribution in [2.45, 2.75) is 38.5 Å². The predicted molar refractivity (Wildman–Crippen MR) is 89.9 cm³/mol. The number of H-pyrrole nitrogens is 1. The first-order valence-electron chi connectivity index (χ1n) is 8.45. The van der Waals surface area contributed by atoms with Crippen molar-refractivity contribution in [2.24, 2.45) is 7.05 Å². The maximum atomic E-state index is 12.9. The van der Waals surface area contributed by atoms with Crippen molar-refractivity contribution in [2.75, 3.05) is 13.1 Å². The highest BCUT2D eigenvalue weighted by Crippen LogP contribution is 2.25. The maximum Gasteiger partial charge on any atom is 0.272 e. The van der Waals surface area contributed by atoms with Gasteiger partial charge < -0.3 is 9.88 Å². The van der Waals surface area contributed by atoms with Gasteiger partial charge in [-0.2, -0.15) is 5.10 Å². The molecule has 0 unspecified atom stereocenters. The molecule has 1 aliphatic rings. The molecular formula is C17H23N5O2. The summed E-state index contributed by atoms with van der Waals surface area (Å²) in [5, 5.41) is 4.42. The molecule has 0 saturated carbocycles. The lowest BCUT2D eigenvalue weighted by molar-refractivity contribution is 0.0694. The summed E-state index contributed by atoms with van der Waals surface area (Å²) in [6, 6.07) is 3.42. The van der Waals surface area contributed by atoms with Crippen LogP contribution in [0.1, 0.15) is 54.0 Å². The largest absolute Gasteiger partial charge is 0.337 e. The highest BCUT2D eigenvalue weighted by Gasteiger charge is 2.28. The fourth-order valence-corrected chi connectivity index (χ4v) is 3.28. The highest BCUT2D eigenvalue weighted by molar-refractivity contribution is 5.92. The van der Waals surface area contributed by atoms with Crippen LogP contribution in [-0.2, 0) is 13.5 Å². The van der Waals surface area contributed by atoms with Crippen molar-refractivity contribution in [3.8, 4) is 0 Å². The average Bonchev–Trinajstić information content (AvgIpc) is 2.95. The van der Waals surface area contributed by atoms with Gasteiger partial charge in [0, 0.05) is 32.1 Å². The van der Waals surface area contributed by atoms with Gasteiger partial charge in [-0.15, -0.1) is 0 Å². The van der Waals surface area contributed by atoms with E-state index in [2.05, 4.69) is 22.0 Å². The molecule has 24 heavy (non-hydrogen) atoms. The maximum absolute atomic E-state index is 12.9. The first kappa shape index (κ1) is 16.4. The molecule has 2 aromatic heterocycles. The predicted octanol–water partition coefficient (Wildman–Crippen LogP) is 1.48. The average molecular weight is 329 g/mol. The van der Waals surface area contributed by atoms with E-state index in [9.17, 15) is 9.59 Å². The van der Waals surface area contributed by atoms with Gasteiger partial charge in [-0.3, -0.25) is 14.3 Å². The number of nitrogens with one attached hydrogen (secondary N) is 1. The van der Waals surface area contributed by atoms with Gasteiger partial charge in [0.15, 0.2) is 0 Å². The lowest BCUT2D eigenvalue weighted by Gasteiger charge is -2.32. The lowest BCUT2D eigenvalue weighted by atomic mass is 9.94. The number of nitrogens with zero attached hydrogens (tertiary/aromatic N) is 4. The van der Waals surface area contributed by atoms with E-state index in [1.807, 2.05) is 18.0 Å². The molecule has 0 bridgehead atoms. The van der Waals surface area contributed by atoms with E-state index in [0.717, 1.165) is 43.6 Å². The zero-order chi connectivity index (χ0) is 17.1. The van der Waals surface area contributed by atoms with Crippen LogP contribution in [0.25, 0.3) is 0 Å².